The van der Waals surface area contributed by atoms with Crippen LogP contribution in [0.15, 0.2) is 76.0 Å². The van der Waals surface area contributed by atoms with E-state index in [0.29, 0.717) is 11.4 Å². The van der Waals surface area contributed by atoms with Crippen molar-refractivity contribution in [2.24, 2.45) is 0 Å². The van der Waals surface area contributed by atoms with E-state index in [2.05, 4.69) is 26.2 Å². The van der Waals surface area contributed by atoms with E-state index < -0.39 is 11.5 Å². The van der Waals surface area contributed by atoms with Gasteiger partial charge in [-0.05, 0) is 42.0 Å². The molecule has 0 fully saturated rings. The average Bonchev–Trinajstić information content (AvgIpc) is 2.57. The summed E-state index contributed by atoms with van der Waals surface area (Å²) in [7, 11) is 0. The highest BCUT2D eigenvalue weighted by Gasteiger charge is 2.11. The van der Waals surface area contributed by atoms with Crippen molar-refractivity contribution in [3.05, 3.63) is 87.1 Å². The second-order valence-electron chi connectivity index (χ2n) is 4.94. The van der Waals surface area contributed by atoms with Crippen molar-refractivity contribution in [2.75, 3.05) is 5.32 Å². The minimum Gasteiger partial charge on any atom is -0.322 e. The number of amides is 1. The third-order valence-electron chi connectivity index (χ3n) is 3.34. The molecule has 23 heavy (non-hydrogen) atoms. The molecule has 3 rings (SSSR count). The summed E-state index contributed by atoms with van der Waals surface area (Å²) in [6.45, 7) is 0. The van der Waals surface area contributed by atoms with Gasteiger partial charge in [0.2, 0.25) is 0 Å². The van der Waals surface area contributed by atoms with E-state index in [1.54, 1.807) is 18.2 Å². The first-order valence-electron chi connectivity index (χ1n) is 6.99. The molecule has 0 aliphatic rings. The van der Waals surface area contributed by atoms with Crippen LogP contribution in [0.3, 0.4) is 0 Å². The Morgan fingerprint density at radius 3 is 2.26 bits per heavy atom. The molecule has 0 saturated heterocycles. The number of hydrogen-bond acceptors (Lipinski definition) is 2. The van der Waals surface area contributed by atoms with E-state index in [4.69, 9.17) is 0 Å². The van der Waals surface area contributed by atoms with Crippen molar-refractivity contribution in [3.63, 3.8) is 0 Å². The highest BCUT2D eigenvalue weighted by Crippen LogP contribution is 2.16. The second kappa shape index (κ2) is 6.62. The molecule has 114 valence electrons. The first-order valence-corrected chi connectivity index (χ1v) is 7.78. The fraction of sp³-hybridized carbons (Fsp3) is 0. The maximum Gasteiger partial charge on any atom is 0.261 e. The molecule has 0 saturated carbocycles. The molecular formula is C18H13BrN2O2. The molecule has 0 aliphatic heterocycles. The van der Waals surface area contributed by atoms with Gasteiger partial charge >= 0.3 is 0 Å². The molecule has 3 aromatic rings. The monoisotopic (exact) mass is 368 g/mol. The first kappa shape index (κ1) is 15.2. The van der Waals surface area contributed by atoms with Gasteiger partial charge in [-0.2, -0.15) is 0 Å². The summed E-state index contributed by atoms with van der Waals surface area (Å²) in [5, 5.41) is 2.71. The lowest BCUT2D eigenvalue weighted by molar-refractivity contribution is 0.102. The van der Waals surface area contributed by atoms with Gasteiger partial charge in [-0.25, -0.2) is 0 Å². The number of aromatic amines is 1. The molecule has 5 heteroatoms. The van der Waals surface area contributed by atoms with Crippen LogP contribution < -0.4 is 10.9 Å². The molecular weight excluding hydrogens is 356 g/mol. The number of rotatable bonds is 3. The Morgan fingerprint density at radius 2 is 1.61 bits per heavy atom. The topological polar surface area (TPSA) is 62.0 Å². The van der Waals surface area contributed by atoms with Crippen LogP contribution in [0, 0.1) is 0 Å². The molecule has 4 nitrogen and oxygen atoms in total. The molecule has 0 atom stereocenters. The molecule has 2 aromatic carbocycles. The number of halogens is 1. The van der Waals surface area contributed by atoms with Crippen LogP contribution in [0.5, 0.6) is 0 Å². The number of aromatic nitrogens is 1. The Balaban J connectivity index is 1.84. The summed E-state index contributed by atoms with van der Waals surface area (Å²) in [6.07, 6.45) is 0. The fourth-order valence-electron chi connectivity index (χ4n) is 2.17. The molecule has 0 radical (unpaired) electrons. The van der Waals surface area contributed by atoms with Gasteiger partial charge in [0.1, 0.15) is 5.56 Å². The van der Waals surface area contributed by atoms with Crippen LogP contribution in [0.25, 0.3) is 11.3 Å². The summed E-state index contributed by atoms with van der Waals surface area (Å²) >= 11 is 3.33. The fourth-order valence-corrected chi connectivity index (χ4v) is 2.43. The van der Waals surface area contributed by atoms with Gasteiger partial charge < -0.3 is 10.3 Å². The Kier molecular flexibility index (Phi) is 4.39. The molecule has 0 spiro atoms. The molecule has 1 amide bonds. The Labute approximate surface area is 141 Å². The van der Waals surface area contributed by atoms with Crippen LogP contribution in [-0.4, -0.2) is 10.9 Å². The van der Waals surface area contributed by atoms with Gasteiger partial charge in [-0.15, -0.1) is 0 Å². The Morgan fingerprint density at radius 1 is 0.913 bits per heavy atom. The Hall–Kier alpha value is -2.66. The third kappa shape index (κ3) is 3.57. The van der Waals surface area contributed by atoms with Crippen LogP contribution in [0.1, 0.15) is 10.4 Å². The predicted octanol–water partition coefficient (Wildman–Crippen LogP) is 4.06. The van der Waals surface area contributed by atoms with Gasteiger partial charge in [0.25, 0.3) is 11.5 Å². The van der Waals surface area contributed by atoms with Gasteiger partial charge in [0.05, 0.1) is 0 Å². The normalized spacial score (nSPS) is 10.3. The van der Waals surface area contributed by atoms with Crippen molar-refractivity contribution in [1.82, 2.24) is 4.98 Å². The van der Waals surface area contributed by atoms with Crippen molar-refractivity contribution < 1.29 is 4.79 Å². The number of carbonyl (C=O) groups is 1. The van der Waals surface area contributed by atoms with Gasteiger partial charge in [0.15, 0.2) is 0 Å². The van der Waals surface area contributed by atoms with E-state index in [0.717, 1.165) is 10.0 Å². The average molecular weight is 369 g/mol. The molecule has 1 aromatic heterocycles. The Bertz CT molecular complexity index is 887. The van der Waals surface area contributed by atoms with E-state index >= 15 is 0 Å². The van der Waals surface area contributed by atoms with Gasteiger partial charge in [-0.3, -0.25) is 9.59 Å². The highest BCUT2D eigenvalue weighted by molar-refractivity contribution is 9.10. The van der Waals surface area contributed by atoms with E-state index in [1.165, 1.54) is 6.07 Å². The molecule has 1 heterocycles. The van der Waals surface area contributed by atoms with Crippen LogP contribution >= 0.6 is 15.9 Å². The lowest BCUT2D eigenvalue weighted by Crippen LogP contribution is -2.23. The van der Waals surface area contributed by atoms with Crippen LogP contribution in [0.4, 0.5) is 5.69 Å². The standard InChI is InChI=1S/C18H13BrN2O2/c19-13-6-8-14(9-7-13)20-17(22)15-10-11-16(21-18(15)23)12-4-2-1-3-5-12/h1-11H,(H,20,22)(H,21,23). The van der Waals surface area contributed by atoms with E-state index in [9.17, 15) is 9.59 Å². The summed E-state index contributed by atoms with van der Waals surface area (Å²) in [5.41, 5.74) is 1.86. The van der Waals surface area contributed by atoms with Crippen LogP contribution in [0.2, 0.25) is 0 Å². The number of anilines is 1. The van der Waals surface area contributed by atoms with Gasteiger partial charge in [0, 0.05) is 15.9 Å². The van der Waals surface area contributed by atoms with Gasteiger partial charge in [-0.1, -0.05) is 46.3 Å². The summed E-state index contributed by atoms with van der Waals surface area (Å²) < 4.78 is 0.917. The number of benzene rings is 2. The molecule has 2 N–H and O–H groups in total. The van der Waals surface area contributed by atoms with Crippen molar-refractivity contribution >= 4 is 27.5 Å². The zero-order chi connectivity index (χ0) is 16.2. The lowest BCUT2D eigenvalue weighted by Gasteiger charge is -2.06. The number of carbonyl (C=O) groups excluding carboxylic acids is 1. The van der Waals surface area contributed by atoms with Crippen LogP contribution in [-0.2, 0) is 0 Å². The van der Waals surface area contributed by atoms with Crippen molar-refractivity contribution in [2.45, 2.75) is 0 Å². The smallest absolute Gasteiger partial charge is 0.261 e. The minimum absolute atomic E-state index is 0.0765. The number of H-pyrrole nitrogens is 1. The van der Waals surface area contributed by atoms with Crippen molar-refractivity contribution in [3.8, 4) is 11.3 Å². The van der Waals surface area contributed by atoms with E-state index in [1.807, 2.05) is 42.5 Å². The zero-order valence-corrected chi connectivity index (χ0v) is 13.6. The number of nitrogens with one attached hydrogen (secondary N) is 2. The molecule has 0 unspecified atom stereocenters. The molecule has 0 bridgehead atoms. The van der Waals surface area contributed by atoms with E-state index in [-0.39, 0.29) is 5.56 Å². The quantitative estimate of drug-likeness (QED) is 0.732. The van der Waals surface area contributed by atoms with Crippen molar-refractivity contribution in [1.29, 1.82) is 0 Å². The third-order valence-corrected chi connectivity index (χ3v) is 3.87. The first-order chi connectivity index (χ1) is 11.1. The number of pyridine rings is 1. The predicted molar refractivity (Wildman–Crippen MR) is 94.6 cm³/mol. The second-order valence-corrected chi connectivity index (χ2v) is 5.86. The molecule has 0 aliphatic carbocycles. The zero-order valence-electron chi connectivity index (χ0n) is 12.0. The minimum atomic E-state index is -0.437. The highest BCUT2D eigenvalue weighted by atomic mass is 79.9. The summed E-state index contributed by atoms with van der Waals surface area (Å²) in [6, 6.07) is 19.9. The number of hydrogen-bond donors (Lipinski definition) is 2. The maximum atomic E-state index is 12.2. The largest absolute Gasteiger partial charge is 0.322 e. The SMILES string of the molecule is O=C(Nc1ccc(Br)cc1)c1ccc(-c2ccccc2)[nH]c1=O. The lowest BCUT2D eigenvalue weighted by atomic mass is 10.1. The summed E-state index contributed by atoms with van der Waals surface area (Å²) in [5.74, 6) is -0.437. The maximum absolute atomic E-state index is 12.2. The summed E-state index contributed by atoms with van der Waals surface area (Å²) in [4.78, 5) is 27.1.